The topological polar surface area (TPSA) is 55.6 Å². The van der Waals surface area contributed by atoms with E-state index in [1.54, 1.807) is 11.8 Å². The largest absolute Gasteiger partial charge is 0.481 e. The number of piperidine rings is 1. The van der Waals surface area contributed by atoms with E-state index in [2.05, 4.69) is 0 Å². The number of nitrogens with zero attached hydrogens (tertiary/aromatic N) is 1. The van der Waals surface area contributed by atoms with Crippen LogP contribution in [0.3, 0.4) is 0 Å². The SMILES string of the molecule is CC(Oc1ccc(F)cc1)C(=O)N1CCC(N)CC1. The first kappa shape index (κ1) is 13.8. The molecule has 4 nitrogen and oxygen atoms in total. The van der Waals surface area contributed by atoms with E-state index in [1.165, 1.54) is 24.3 Å². The predicted octanol–water partition coefficient (Wildman–Crippen LogP) is 1.54. The van der Waals surface area contributed by atoms with Gasteiger partial charge in [-0.05, 0) is 44.0 Å². The van der Waals surface area contributed by atoms with Crippen molar-refractivity contribution in [1.82, 2.24) is 4.90 Å². The van der Waals surface area contributed by atoms with Gasteiger partial charge in [0, 0.05) is 19.1 Å². The molecule has 1 amide bonds. The molecule has 0 aliphatic carbocycles. The summed E-state index contributed by atoms with van der Waals surface area (Å²) >= 11 is 0. The van der Waals surface area contributed by atoms with Gasteiger partial charge in [-0.2, -0.15) is 0 Å². The summed E-state index contributed by atoms with van der Waals surface area (Å²) in [5.74, 6) is 0.128. The molecule has 1 atom stereocenters. The Morgan fingerprint density at radius 2 is 1.95 bits per heavy atom. The Bertz CT molecular complexity index is 428. The lowest BCUT2D eigenvalue weighted by Crippen LogP contribution is -2.47. The molecule has 1 aromatic carbocycles. The minimum absolute atomic E-state index is 0.0452. The molecule has 1 saturated heterocycles. The number of hydrogen-bond acceptors (Lipinski definition) is 3. The van der Waals surface area contributed by atoms with Crippen LogP contribution in [0.1, 0.15) is 19.8 Å². The minimum Gasteiger partial charge on any atom is -0.481 e. The Morgan fingerprint density at radius 1 is 1.37 bits per heavy atom. The van der Waals surface area contributed by atoms with Gasteiger partial charge in [0.25, 0.3) is 5.91 Å². The maximum atomic E-state index is 12.8. The molecule has 1 aliphatic rings. The number of hydrogen-bond donors (Lipinski definition) is 1. The molecular formula is C14H19FN2O2. The lowest BCUT2D eigenvalue weighted by molar-refractivity contribution is -0.139. The number of carbonyl (C=O) groups excluding carboxylic acids is 1. The standard InChI is InChI=1S/C14H19FN2O2/c1-10(19-13-4-2-11(15)3-5-13)14(18)17-8-6-12(16)7-9-17/h2-5,10,12H,6-9,16H2,1H3. The summed E-state index contributed by atoms with van der Waals surface area (Å²) < 4.78 is 18.3. The van der Waals surface area contributed by atoms with Crippen LogP contribution >= 0.6 is 0 Å². The summed E-state index contributed by atoms with van der Waals surface area (Å²) in [5, 5.41) is 0. The van der Waals surface area contributed by atoms with Crippen molar-refractivity contribution in [3.05, 3.63) is 30.1 Å². The Labute approximate surface area is 112 Å². The van der Waals surface area contributed by atoms with Gasteiger partial charge in [0.1, 0.15) is 11.6 Å². The molecular weight excluding hydrogens is 247 g/mol. The van der Waals surface area contributed by atoms with Gasteiger partial charge in [0.15, 0.2) is 6.10 Å². The minimum atomic E-state index is -0.570. The quantitative estimate of drug-likeness (QED) is 0.903. The van der Waals surface area contributed by atoms with Crippen molar-refractivity contribution < 1.29 is 13.9 Å². The zero-order valence-corrected chi connectivity index (χ0v) is 11.0. The predicted molar refractivity (Wildman–Crippen MR) is 70.3 cm³/mol. The Hall–Kier alpha value is -1.62. The molecule has 5 heteroatoms. The number of benzene rings is 1. The molecule has 0 bridgehead atoms. The molecule has 0 spiro atoms. The molecule has 104 valence electrons. The van der Waals surface area contributed by atoms with Crippen molar-refractivity contribution in [2.24, 2.45) is 5.73 Å². The van der Waals surface area contributed by atoms with Crippen LogP contribution in [-0.4, -0.2) is 36.0 Å². The van der Waals surface area contributed by atoms with E-state index < -0.39 is 6.10 Å². The maximum Gasteiger partial charge on any atom is 0.263 e. The van der Waals surface area contributed by atoms with Crippen molar-refractivity contribution in [2.75, 3.05) is 13.1 Å². The Balaban J connectivity index is 1.90. The molecule has 2 N–H and O–H groups in total. The van der Waals surface area contributed by atoms with Crippen LogP contribution in [-0.2, 0) is 4.79 Å². The highest BCUT2D eigenvalue weighted by atomic mass is 19.1. The van der Waals surface area contributed by atoms with Gasteiger partial charge in [-0.1, -0.05) is 0 Å². The molecule has 2 rings (SSSR count). The van der Waals surface area contributed by atoms with Gasteiger partial charge in [-0.15, -0.1) is 0 Å². The first-order valence-electron chi connectivity index (χ1n) is 6.53. The van der Waals surface area contributed by atoms with Gasteiger partial charge in [0.05, 0.1) is 0 Å². The van der Waals surface area contributed by atoms with Gasteiger partial charge in [-0.25, -0.2) is 4.39 Å². The van der Waals surface area contributed by atoms with Crippen molar-refractivity contribution in [1.29, 1.82) is 0 Å². The second kappa shape index (κ2) is 6.02. The highest BCUT2D eigenvalue weighted by Crippen LogP contribution is 2.15. The average molecular weight is 266 g/mol. The summed E-state index contributed by atoms with van der Waals surface area (Å²) in [5.41, 5.74) is 5.81. The molecule has 0 saturated carbocycles. The Kier molecular flexibility index (Phi) is 4.37. The normalized spacial score (nSPS) is 18.2. The summed E-state index contributed by atoms with van der Waals surface area (Å²) in [7, 11) is 0. The van der Waals surface area contributed by atoms with Crippen molar-refractivity contribution in [3.63, 3.8) is 0 Å². The number of amides is 1. The van der Waals surface area contributed by atoms with E-state index >= 15 is 0 Å². The van der Waals surface area contributed by atoms with Crippen LogP contribution in [0.15, 0.2) is 24.3 Å². The second-order valence-corrected chi connectivity index (χ2v) is 4.88. The lowest BCUT2D eigenvalue weighted by Gasteiger charge is -2.32. The number of ether oxygens (including phenoxy) is 1. The third-order valence-electron chi connectivity index (χ3n) is 3.33. The van der Waals surface area contributed by atoms with E-state index in [4.69, 9.17) is 10.5 Å². The third-order valence-corrected chi connectivity index (χ3v) is 3.33. The number of halogens is 1. The average Bonchev–Trinajstić information content (AvgIpc) is 2.41. The van der Waals surface area contributed by atoms with Crippen LogP contribution < -0.4 is 10.5 Å². The lowest BCUT2D eigenvalue weighted by atomic mass is 10.1. The molecule has 1 aromatic rings. The molecule has 1 aliphatic heterocycles. The summed E-state index contributed by atoms with van der Waals surface area (Å²) in [6, 6.07) is 5.85. The third kappa shape index (κ3) is 3.67. The monoisotopic (exact) mass is 266 g/mol. The van der Waals surface area contributed by atoms with Crippen LogP contribution in [0.2, 0.25) is 0 Å². The van der Waals surface area contributed by atoms with Gasteiger partial charge >= 0.3 is 0 Å². The Morgan fingerprint density at radius 3 is 2.53 bits per heavy atom. The van der Waals surface area contributed by atoms with E-state index in [0.717, 1.165) is 12.8 Å². The van der Waals surface area contributed by atoms with E-state index in [9.17, 15) is 9.18 Å². The summed E-state index contributed by atoms with van der Waals surface area (Å²) in [6.07, 6.45) is 1.09. The van der Waals surface area contributed by atoms with E-state index in [0.29, 0.717) is 18.8 Å². The van der Waals surface area contributed by atoms with Crippen LogP contribution in [0.5, 0.6) is 5.75 Å². The highest BCUT2D eigenvalue weighted by molar-refractivity contribution is 5.81. The highest BCUT2D eigenvalue weighted by Gasteiger charge is 2.25. The van der Waals surface area contributed by atoms with Gasteiger partial charge in [0.2, 0.25) is 0 Å². The van der Waals surface area contributed by atoms with Crippen LogP contribution in [0.4, 0.5) is 4.39 Å². The molecule has 0 radical (unpaired) electrons. The maximum absolute atomic E-state index is 12.8. The molecule has 1 heterocycles. The molecule has 1 fully saturated rings. The van der Waals surface area contributed by atoms with E-state index in [1.807, 2.05) is 0 Å². The zero-order chi connectivity index (χ0) is 13.8. The smallest absolute Gasteiger partial charge is 0.263 e. The summed E-state index contributed by atoms with van der Waals surface area (Å²) in [6.45, 7) is 3.06. The first-order valence-corrected chi connectivity index (χ1v) is 6.53. The van der Waals surface area contributed by atoms with E-state index in [-0.39, 0.29) is 17.8 Å². The van der Waals surface area contributed by atoms with Crippen LogP contribution in [0, 0.1) is 5.82 Å². The van der Waals surface area contributed by atoms with Crippen molar-refractivity contribution in [3.8, 4) is 5.75 Å². The summed E-state index contributed by atoms with van der Waals surface area (Å²) in [4.78, 5) is 13.9. The number of likely N-dealkylation sites (tertiary alicyclic amines) is 1. The molecule has 0 aromatic heterocycles. The van der Waals surface area contributed by atoms with Crippen molar-refractivity contribution in [2.45, 2.75) is 31.9 Å². The van der Waals surface area contributed by atoms with Crippen molar-refractivity contribution >= 4 is 5.91 Å². The van der Waals surface area contributed by atoms with Crippen LogP contribution in [0.25, 0.3) is 0 Å². The second-order valence-electron chi connectivity index (χ2n) is 4.88. The molecule has 19 heavy (non-hydrogen) atoms. The number of nitrogens with two attached hydrogens (primary N) is 1. The molecule has 1 unspecified atom stereocenters. The number of carbonyl (C=O) groups is 1. The zero-order valence-electron chi connectivity index (χ0n) is 11.0. The van der Waals surface area contributed by atoms with Gasteiger partial charge in [-0.3, -0.25) is 4.79 Å². The fourth-order valence-electron chi connectivity index (χ4n) is 2.14. The number of rotatable bonds is 3. The van der Waals surface area contributed by atoms with Gasteiger partial charge < -0.3 is 15.4 Å². The fraction of sp³-hybridized carbons (Fsp3) is 0.500. The first-order chi connectivity index (χ1) is 9.06. The fourth-order valence-corrected chi connectivity index (χ4v) is 2.14.